The number of hydrogen-bond donors (Lipinski definition) is 0. The van der Waals surface area contributed by atoms with Crippen LogP contribution in [0.15, 0.2) is 47.6 Å². The zero-order valence-electron chi connectivity index (χ0n) is 10.9. The quantitative estimate of drug-likeness (QED) is 0.554. The second-order valence-corrected chi connectivity index (χ2v) is 4.49. The third-order valence-electron chi connectivity index (χ3n) is 3.16. The van der Waals surface area contributed by atoms with Crippen molar-refractivity contribution in [2.75, 3.05) is 0 Å². The van der Waals surface area contributed by atoms with E-state index >= 15 is 0 Å². The normalized spacial score (nSPS) is 18.9. The maximum atomic E-state index is 2.34. The van der Waals surface area contributed by atoms with E-state index in [1.807, 2.05) is 0 Å². The van der Waals surface area contributed by atoms with Gasteiger partial charge in [0.25, 0.3) is 0 Å². The topological polar surface area (TPSA) is 0 Å². The molecule has 0 radical (unpaired) electrons. The molecule has 0 aromatic rings. The molecule has 0 heteroatoms. The van der Waals surface area contributed by atoms with Gasteiger partial charge in [0.2, 0.25) is 0 Å². The first-order chi connectivity index (χ1) is 7.77. The van der Waals surface area contributed by atoms with Gasteiger partial charge in [-0.15, -0.1) is 0 Å². The molecule has 0 bridgehead atoms. The Morgan fingerprint density at radius 2 is 2.31 bits per heavy atom. The van der Waals surface area contributed by atoms with Crippen LogP contribution in [0.2, 0.25) is 0 Å². The molecule has 0 amide bonds. The average molecular weight is 216 g/mol. The zero-order valence-corrected chi connectivity index (χ0v) is 10.9. The predicted molar refractivity (Wildman–Crippen MR) is 73.4 cm³/mol. The molecule has 0 nitrogen and oxygen atoms in total. The third kappa shape index (κ3) is 4.22. The molecule has 1 unspecified atom stereocenters. The highest BCUT2D eigenvalue weighted by Crippen LogP contribution is 2.26. The van der Waals surface area contributed by atoms with Crippen molar-refractivity contribution < 1.29 is 0 Å². The van der Waals surface area contributed by atoms with E-state index in [0.29, 0.717) is 5.92 Å². The lowest BCUT2D eigenvalue weighted by Crippen LogP contribution is -2.02. The molecule has 0 aliphatic heterocycles. The molecule has 0 fully saturated rings. The third-order valence-corrected chi connectivity index (χ3v) is 3.16. The van der Waals surface area contributed by atoms with Crippen molar-refractivity contribution in [1.29, 1.82) is 0 Å². The monoisotopic (exact) mass is 216 g/mol. The van der Waals surface area contributed by atoms with Gasteiger partial charge in [0.1, 0.15) is 0 Å². The van der Waals surface area contributed by atoms with E-state index in [0.717, 1.165) is 6.42 Å². The summed E-state index contributed by atoms with van der Waals surface area (Å²) in [5.41, 5.74) is 3.07. The molecular weight excluding hydrogens is 192 g/mol. The molecule has 1 aliphatic carbocycles. The summed E-state index contributed by atoms with van der Waals surface area (Å²) in [6, 6.07) is 0. The molecule has 1 aliphatic rings. The van der Waals surface area contributed by atoms with Crippen molar-refractivity contribution in [1.82, 2.24) is 0 Å². The highest BCUT2D eigenvalue weighted by molar-refractivity contribution is 5.24. The summed E-state index contributed by atoms with van der Waals surface area (Å²) in [4.78, 5) is 0. The predicted octanol–water partition coefficient (Wildman–Crippen LogP) is 5.20. The highest BCUT2D eigenvalue weighted by Gasteiger charge is 2.10. The van der Waals surface area contributed by atoms with Crippen LogP contribution in [0, 0.1) is 5.92 Å². The molecule has 0 aromatic heterocycles. The van der Waals surface area contributed by atoms with Gasteiger partial charge in [0, 0.05) is 0 Å². The molecule has 16 heavy (non-hydrogen) atoms. The fraction of sp³-hybridized carbons (Fsp3) is 0.500. The maximum absolute atomic E-state index is 2.34. The van der Waals surface area contributed by atoms with Crippen molar-refractivity contribution in [3.05, 3.63) is 47.6 Å². The van der Waals surface area contributed by atoms with E-state index in [4.69, 9.17) is 0 Å². The van der Waals surface area contributed by atoms with E-state index in [-0.39, 0.29) is 0 Å². The highest BCUT2D eigenvalue weighted by atomic mass is 14.2. The van der Waals surface area contributed by atoms with Crippen molar-refractivity contribution in [2.24, 2.45) is 5.92 Å². The Morgan fingerprint density at radius 1 is 1.50 bits per heavy atom. The first-order valence-electron chi connectivity index (χ1n) is 6.45. The summed E-state index contributed by atoms with van der Waals surface area (Å²) in [7, 11) is 0. The molecule has 0 saturated carbocycles. The molecule has 1 rings (SSSR count). The SMILES string of the molecule is C/C=C(\C=C/CC)CC(C)C1=CC=CCC1. The van der Waals surface area contributed by atoms with Crippen LogP contribution in [0.25, 0.3) is 0 Å². The van der Waals surface area contributed by atoms with Gasteiger partial charge in [-0.25, -0.2) is 0 Å². The molecule has 0 saturated heterocycles. The minimum absolute atomic E-state index is 0.678. The number of allylic oxidation sites excluding steroid dienone is 8. The minimum Gasteiger partial charge on any atom is -0.0845 e. The van der Waals surface area contributed by atoms with Crippen LogP contribution < -0.4 is 0 Å². The zero-order chi connectivity index (χ0) is 11.8. The summed E-state index contributed by atoms with van der Waals surface area (Å²) < 4.78 is 0. The first-order valence-corrected chi connectivity index (χ1v) is 6.45. The average Bonchev–Trinajstić information content (AvgIpc) is 2.35. The first kappa shape index (κ1) is 13.0. The van der Waals surface area contributed by atoms with Crippen LogP contribution in [-0.4, -0.2) is 0 Å². The Hall–Kier alpha value is -1.04. The van der Waals surface area contributed by atoms with E-state index in [9.17, 15) is 0 Å². The van der Waals surface area contributed by atoms with Gasteiger partial charge in [0.15, 0.2) is 0 Å². The van der Waals surface area contributed by atoms with Crippen LogP contribution in [0.5, 0.6) is 0 Å². The van der Waals surface area contributed by atoms with E-state index < -0.39 is 0 Å². The summed E-state index contributed by atoms with van der Waals surface area (Å²) in [6.07, 6.45) is 18.3. The lowest BCUT2D eigenvalue weighted by atomic mass is 9.88. The summed E-state index contributed by atoms with van der Waals surface area (Å²) in [5.74, 6) is 0.678. The fourth-order valence-electron chi connectivity index (χ4n) is 2.07. The van der Waals surface area contributed by atoms with Gasteiger partial charge in [-0.05, 0) is 38.5 Å². The Bertz CT molecular complexity index is 313. The number of rotatable bonds is 5. The van der Waals surface area contributed by atoms with Crippen LogP contribution in [-0.2, 0) is 0 Å². The second-order valence-electron chi connectivity index (χ2n) is 4.49. The lowest BCUT2D eigenvalue weighted by molar-refractivity contribution is 0.641. The summed E-state index contributed by atoms with van der Waals surface area (Å²) >= 11 is 0. The largest absolute Gasteiger partial charge is 0.0845 e. The van der Waals surface area contributed by atoms with Gasteiger partial charge in [-0.2, -0.15) is 0 Å². The Balaban J connectivity index is 2.55. The second kappa shape index (κ2) is 7.27. The van der Waals surface area contributed by atoms with E-state index in [1.54, 1.807) is 5.57 Å². The Labute approximate surface area is 100 Å². The van der Waals surface area contributed by atoms with Gasteiger partial charge in [-0.1, -0.05) is 61.4 Å². The van der Waals surface area contributed by atoms with Gasteiger partial charge in [0.05, 0.1) is 0 Å². The summed E-state index contributed by atoms with van der Waals surface area (Å²) in [5, 5.41) is 0. The van der Waals surface area contributed by atoms with Crippen LogP contribution in [0.3, 0.4) is 0 Å². The van der Waals surface area contributed by atoms with Gasteiger partial charge < -0.3 is 0 Å². The minimum atomic E-state index is 0.678. The van der Waals surface area contributed by atoms with Crippen molar-refractivity contribution >= 4 is 0 Å². The molecule has 0 spiro atoms. The molecule has 1 atom stereocenters. The maximum Gasteiger partial charge on any atom is -0.0188 e. The lowest BCUT2D eigenvalue weighted by Gasteiger charge is -2.17. The van der Waals surface area contributed by atoms with Gasteiger partial charge in [-0.3, -0.25) is 0 Å². The van der Waals surface area contributed by atoms with Crippen molar-refractivity contribution in [3.8, 4) is 0 Å². The molecule has 0 aromatic carbocycles. The van der Waals surface area contributed by atoms with Crippen LogP contribution in [0.4, 0.5) is 0 Å². The smallest absolute Gasteiger partial charge is 0.0188 e. The van der Waals surface area contributed by atoms with E-state index in [1.165, 1.54) is 24.8 Å². The molecule has 88 valence electrons. The van der Waals surface area contributed by atoms with E-state index in [2.05, 4.69) is 57.2 Å². The van der Waals surface area contributed by atoms with Gasteiger partial charge >= 0.3 is 0 Å². The van der Waals surface area contributed by atoms with Crippen LogP contribution >= 0.6 is 0 Å². The molecular formula is C16H24. The molecule has 0 N–H and O–H groups in total. The van der Waals surface area contributed by atoms with Crippen molar-refractivity contribution in [2.45, 2.75) is 46.5 Å². The van der Waals surface area contributed by atoms with Crippen LogP contribution in [0.1, 0.15) is 46.5 Å². The Morgan fingerprint density at radius 3 is 2.88 bits per heavy atom. The fourth-order valence-corrected chi connectivity index (χ4v) is 2.07. The number of hydrogen-bond acceptors (Lipinski definition) is 0. The standard InChI is InChI=1S/C16H24/c1-4-6-10-15(5-2)13-14(3)16-11-8-7-9-12-16/h5-8,10-11,14H,4,9,12-13H2,1-3H3/b10-6-,15-5+. The Kier molecular flexibility index (Phi) is 5.92. The molecule has 0 heterocycles. The van der Waals surface area contributed by atoms with Crippen molar-refractivity contribution in [3.63, 3.8) is 0 Å². The summed E-state index contributed by atoms with van der Waals surface area (Å²) in [6.45, 7) is 6.66.